The molecular formula is C20H36N4O. The van der Waals surface area contributed by atoms with Gasteiger partial charge in [-0.05, 0) is 56.9 Å². The number of nitrogens with one attached hydrogen (secondary N) is 2. The van der Waals surface area contributed by atoms with Crippen molar-refractivity contribution in [3.05, 3.63) is 17.5 Å². The highest BCUT2D eigenvalue weighted by molar-refractivity contribution is 5.75. The van der Waals surface area contributed by atoms with Crippen LogP contribution < -0.4 is 10.6 Å². The molecule has 0 aliphatic rings. The van der Waals surface area contributed by atoms with Crippen LogP contribution in [0.15, 0.2) is 6.07 Å². The Kier molecular flexibility index (Phi) is 10.1. The van der Waals surface area contributed by atoms with Gasteiger partial charge in [0.1, 0.15) is 0 Å². The average molecular weight is 349 g/mol. The van der Waals surface area contributed by atoms with Gasteiger partial charge in [-0.3, -0.25) is 4.79 Å². The number of hydrogen-bond donors (Lipinski definition) is 2. The molecule has 0 fully saturated rings. The first-order valence-electron chi connectivity index (χ1n) is 9.78. The normalized spacial score (nSPS) is 11.2. The molecular weight excluding hydrogens is 312 g/mol. The maximum absolute atomic E-state index is 11.5. The maximum atomic E-state index is 11.5. The van der Waals surface area contributed by atoms with Crippen LogP contribution >= 0.6 is 0 Å². The Balaban J connectivity index is 2.63. The molecule has 1 amide bonds. The van der Waals surface area contributed by atoms with Gasteiger partial charge in [-0.15, -0.1) is 0 Å². The highest BCUT2D eigenvalue weighted by atomic mass is 16.1. The average Bonchev–Trinajstić information content (AvgIpc) is 2.55. The van der Waals surface area contributed by atoms with Gasteiger partial charge in [0, 0.05) is 30.9 Å². The van der Waals surface area contributed by atoms with E-state index in [1.807, 2.05) is 6.92 Å². The first-order valence-corrected chi connectivity index (χ1v) is 9.78. The molecule has 0 radical (unpaired) electrons. The van der Waals surface area contributed by atoms with Crippen LogP contribution in [0.25, 0.3) is 0 Å². The summed E-state index contributed by atoms with van der Waals surface area (Å²) in [5, 5.41) is 6.12. The van der Waals surface area contributed by atoms with E-state index in [2.05, 4.69) is 54.4 Å². The summed E-state index contributed by atoms with van der Waals surface area (Å²) in [7, 11) is 0. The van der Waals surface area contributed by atoms with E-state index in [1.54, 1.807) is 0 Å². The highest BCUT2D eigenvalue weighted by Gasteiger charge is 2.07. The Morgan fingerprint density at radius 3 is 2.08 bits per heavy atom. The van der Waals surface area contributed by atoms with Gasteiger partial charge >= 0.3 is 0 Å². The third kappa shape index (κ3) is 10.0. The van der Waals surface area contributed by atoms with Gasteiger partial charge in [0.2, 0.25) is 11.9 Å². The molecule has 0 aliphatic carbocycles. The SMILES string of the molecule is CCNC(=O)CCCNc1nc(CCC(C)C)cc(CCC(C)C)n1. The molecule has 5 heteroatoms. The van der Waals surface area contributed by atoms with Crippen molar-refractivity contribution in [3.8, 4) is 0 Å². The van der Waals surface area contributed by atoms with Crippen molar-refractivity contribution in [2.75, 3.05) is 18.4 Å². The molecule has 1 heterocycles. The fourth-order valence-corrected chi connectivity index (χ4v) is 2.50. The number of carbonyl (C=O) groups is 1. The third-order valence-corrected chi connectivity index (χ3v) is 4.03. The van der Waals surface area contributed by atoms with Gasteiger partial charge in [0.05, 0.1) is 0 Å². The van der Waals surface area contributed by atoms with E-state index >= 15 is 0 Å². The van der Waals surface area contributed by atoms with Gasteiger partial charge in [-0.2, -0.15) is 0 Å². The van der Waals surface area contributed by atoms with Crippen LogP contribution in [0.4, 0.5) is 5.95 Å². The summed E-state index contributed by atoms with van der Waals surface area (Å²) < 4.78 is 0. The van der Waals surface area contributed by atoms with Gasteiger partial charge in [0.15, 0.2) is 0 Å². The van der Waals surface area contributed by atoms with Crippen LogP contribution in [0.1, 0.15) is 71.7 Å². The lowest BCUT2D eigenvalue weighted by Gasteiger charge is -2.11. The molecule has 1 aromatic heterocycles. The molecule has 0 unspecified atom stereocenters. The number of carbonyl (C=O) groups excluding carboxylic acids is 1. The number of hydrogen-bond acceptors (Lipinski definition) is 4. The number of nitrogens with zero attached hydrogens (tertiary/aromatic N) is 2. The second-order valence-corrected chi connectivity index (χ2v) is 7.52. The molecule has 2 N–H and O–H groups in total. The fourth-order valence-electron chi connectivity index (χ4n) is 2.50. The second kappa shape index (κ2) is 11.8. The fraction of sp³-hybridized carbons (Fsp3) is 0.750. The smallest absolute Gasteiger partial charge is 0.223 e. The van der Waals surface area contributed by atoms with Crippen molar-refractivity contribution in [2.45, 2.75) is 73.1 Å². The Bertz CT molecular complexity index is 484. The lowest BCUT2D eigenvalue weighted by molar-refractivity contribution is -0.121. The van der Waals surface area contributed by atoms with Gasteiger partial charge in [-0.1, -0.05) is 27.7 Å². The number of anilines is 1. The predicted molar refractivity (Wildman–Crippen MR) is 105 cm³/mol. The summed E-state index contributed by atoms with van der Waals surface area (Å²) in [6, 6.07) is 2.16. The molecule has 5 nitrogen and oxygen atoms in total. The Labute approximate surface area is 153 Å². The van der Waals surface area contributed by atoms with E-state index in [1.165, 1.54) is 0 Å². The molecule has 0 saturated heterocycles. The van der Waals surface area contributed by atoms with Crippen LogP contribution in [0.5, 0.6) is 0 Å². The van der Waals surface area contributed by atoms with Crippen LogP contribution in [-0.2, 0) is 17.6 Å². The first kappa shape index (κ1) is 21.4. The molecule has 25 heavy (non-hydrogen) atoms. The predicted octanol–water partition coefficient (Wildman–Crippen LogP) is 3.98. The topological polar surface area (TPSA) is 66.9 Å². The van der Waals surface area contributed by atoms with E-state index in [9.17, 15) is 4.79 Å². The molecule has 0 spiro atoms. The zero-order valence-corrected chi connectivity index (χ0v) is 16.7. The summed E-state index contributed by atoms with van der Waals surface area (Å²) in [4.78, 5) is 20.8. The lowest BCUT2D eigenvalue weighted by atomic mass is 10.0. The Morgan fingerprint density at radius 1 is 1.04 bits per heavy atom. The number of rotatable bonds is 12. The molecule has 1 aromatic rings. The van der Waals surface area contributed by atoms with E-state index < -0.39 is 0 Å². The number of aryl methyl sites for hydroxylation is 2. The van der Waals surface area contributed by atoms with Crippen LogP contribution in [-0.4, -0.2) is 29.0 Å². The standard InChI is InChI=1S/C20H36N4O/c1-6-21-19(25)8-7-13-22-20-23-17(11-9-15(2)3)14-18(24-20)12-10-16(4)5/h14-16H,6-13H2,1-5H3,(H,21,25)(H,22,23,24). The van der Waals surface area contributed by atoms with E-state index in [0.29, 0.717) is 37.3 Å². The Morgan fingerprint density at radius 2 is 1.60 bits per heavy atom. The lowest BCUT2D eigenvalue weighted by Crippen LogP contribution is -2.23. The van der Waals surface area contributed by atoms with Crippen LogP contribution in [0.2, 0.25) is 0 Å². The molecule has 0 aliphatic heterocycles. The highest BCUT2D eigenvalue weighted by Crippen LogP contribution is 2.14. The quantitative estimate of drug-likeness (QED) is 0.561. The summed E-state index contributed by atoms with van der Waals surface area (Å²) in [6.45, 7) is 12.3. The van der Waals surface area contributed by atoms with Crippen molar-refractivity contribution >= 4 is 11.9 Å². The number of aromatic nitrogens is 2. The van der Waals surface area contributed by atoms with Crippen LogP contribution in [0, 0.1) is 11.8 Å². The first-order chi connectivity index (χ1) is 11.9. The van der Waals surface area contributed by atoms with Crippen molar-refractivity contribution in [3.63, 3.8) is 0 Å². The summed E-state index contributed by atoms with van der Waals surface area (Å²) in [5.41, 5.74) is 2.24. The van der Waals surface area contributed by atoms with Crippen LogP contribution in [0.3, 0.4) is 0 Å². The molecule has 142 valence electrons. The van der Waals surface area contributed by atoms with Crippen molar-refractivity contribution in [1.29, 1.82) is 0 Å². The largest absolute Gasteiger partial charge is 0.356 e. The zero-order chi connectivity index (χ0) is 18.7. The van der Waals surface area contributed by atoms with Crippen molar-refractivity contribution in [2.24, 2.45) is 11.8 Å². The third-order valence-electron chi connectivity index (χ3n) is 4.03. The molecule has 0 saturated carbocycles. The molecule has 0 atom stereocenters. The van der Waals surface area contributed by atoms with Crippen molar-refractivity contribution in [1.82, 2.24) is 15.3 Å². The Hall–Kier alpha value is -1.65. The monoisotopic (exact) mass is 348 g/mol. The minimum Gasteiger partial charge on any atom is -0.356 e. The summed E-state index contributed by atoms with van der Waals surface area (Å²) in [5.74, 6) is 2.15. The van der Waals surface area contributed by atoms with Crippen molar-refractivity contribution < 1.29 is 4.79 Å². The zero-order valence-electron chi connectivity index (χ0n) is 16.7. The number of amides is 1. The van der Waals surface area contributed by atoms with Gasteiger partial charge in [-0.25, -0.2) is 9.97 Å². The minimum atomic E-state index is 0.105. The molecule has 1 rings (SSSR count). The summed E-state index contributed by atoms with van der Waals surface area (Å²) >= 11 is 0. The van der Waals surface area contributed by atoms with Gasteiger partial charge in [0.25, 0.3) is 0 Å². The minimum absolute atomic E-state index is 0.105. The molecule has 0 bridgehead atoms. The van der Waals surface area contributed by atoms with Gasteiger partial charge < -0.3 is 10.6 Å². The van der Waals surface area contributed by atoms with E-state index in [0.717, 1.165) is 43.5 Å². The maximum Gasteiger partial charge on any atom is 0.223 e. The summed E-state index contributed by atoms with van der Waals surface area (Å²) in [6.07, 6.45) is 5.57. The molecule has 0 aromatic carbocycles. The van der Waals surface area contributed by atoms with E-state index in [4.69, 9.17) is 0 Å². The second-order valence-electron chi connectivity index (χ2n) is 7.52. The van der Waals surface area contributed by atoms with E-state index in [-0.39, 0.29) is 5.91 Å².